The molecular weight excluding hydrogens is 260 g/mol. The normalized spacial score (nSPS) is 18.5. The summed E-state index contributed by atoms with van der Waals surface area (Å²) in [5, 5.41) is 6.01. The molecule has 0 spiro atoms. The maximum absolute atomic E-state index is 11.9. The molecule has 1 fully saturated rings. The zero-order chi connectivity index (χ0) is 13.8. The third-order valence-electron chi connectivity index (χ3n) is 2.81. The number of hydrogen-bond acceptors (Lipinski definition) is 3. The monoisotopic (exact) mass is 278 g/mol. The smallest absolute Gasteiger partial charge is 0.246 e. The molecule has 5 heteroatoms. The molecule has 1 aromatic carbocycles. The number of amides is 2. The van der Waals surface area contributed by atoms with Crippen LogP contribution in [0, 0.1) is 0 Å². The van der Waals surface area contributed by atoms with Gasteiger partial charge in [-0.25, -0.2) is 0 Å². The summed E-state index contributed by atoms with van der Waals surface area (Å²) in [7, 11) is 0. The van der Waals surface area contributed by atoms with E-state index in [2.05, 4.69) is 24.5 Å². The highest BCUT2D eigenvalue weighted by atomic mass is 32.2. The van der Waals surface area contributed by atoms with Gasteiger partial charge in [0.05, 0.1) is 0 Å². The zero-order valence-corrected chi connectivity index (χ0v) is 11.9. The van der Waals surface area contributed by atoms with Crippen molar-refractivity contribution in [1.82, 2.24) is 5.32 Å². The lowest BCUT2D eigenvalue weighted by Gasteiger charge is -2.11. The number of carbonyl (C=O) groups excluding carboxylic acids is 2. The van der Waals surface area contributed by atoms with E-state index in [1.807, 2.05) is 24.3 Å². The van der Waals surface area contributed by atoms with E-state index in [9.17, 15) is 9.59 Å². The summed E-state index contributed by atoms with van der Waals surface area (Å²) in [6, 6.07) is 7.37. The molecule has 1 unspecified atom stereocenters. The highest BCUT2D eigenvalue weighted by Gasteiger charge is 2.26. The van der Waals surface area contributed by atoms with Gasteiger partial charge >= 0.3 is 0 Å². The molecule has 0 aliphatic carbocycles. The van der Waals surface area contributed by atoms with Gasteiger partial charge in [-0.1, -0.05) is 13.8 Å². The fourth-order valence-electron chi connectivity index (χ4n) is 1.93. The second-order valence-corrected chi connectivity index (χ2v) is 6.49. The van der Waals surface area contributed by atoms with E-state index in [4.69, 9.17) is 0 Å². The van der Waals surface area contributed by atoms with Gasteiger partial charge in [0, 0.05) is 22.3 Å². The quantitative estimate of drug-likeness (QED) is 0.832. The fourth-order valence-corrected chi connectivity index (χ4v) is 2.77. The largest absolute Gasteiger partial charge is 0.344 e. The lowest BCUT2D eigenvalue weighted by Crippen LogP contribution is -2.37. The molecule has 102 valence electrons. The minimum atomic E-state index is -0.391. The van der Waals surface area contributed by atoms with E-state index in [-0.39, 0.29) is 11.8 Å². The number of anilines is 1. The van der Waals surface area contributed by atoms with E-state index in [0.29, 0.717) is 18.1 Å². The van der Waals surface area contributed by atoms with Crippen LogP contribution in [0.3, 0.4) is 0 Å². The van der Waals surface area contributed by atoms with Crippen molar-refractivity contribution in [2.75, 3.05) is 5.32 Å². The number of nitrogens with one attached hydrogen (secondary N) is 2. The predicted molar refractivity (Wildman–Crippen MR) is 77.2 cm³/mol. The molecule has 1 atom stereocenters. The van der Waals surface area contributed by atoms with Gasteiger partial charge in [0.25, 0.3) is 0 Å². The van der Waals surface area contributed by atoms with Crippen LogP contribution in [-0.4, -0.2) is 23.1 Å². The predicted octanol–water partition coefficient (Wildman–Crippen LogP) is 2.40. The number of benzene rings is 1. The van der Waals surface area contributed by atoms with Gasteiger partial charge in [-0.3, -0.25) is 9.59 Å². The first kappa shape index (κ1) is 13.9. The number of rotatable bonds is 4. The van der Waals surface area contributed by atoms with Crippen molar-refractivity contribution < 1.29 is 9.59 Å². The van der Waals surface area contributed by atoms with Gasteiger partial charge in [-0.2, -0.15) is 0 Å². The molecule has 2 amide bonds. The van der Waals surface area contributed by atoms with Crippen LogP contribution in [0.1, 0.15) is 26.7 Å². The Morgan fingerprint density at radius 3 is 2.58 bits per heavy atom. The summed E-state index contributed by atoms with van der Waals surface area (Å²) in [6.07, 6.45) is 1.01. The second kappa shape index (κ2) is 6.10. The van der Waals surface area contributed by atoms with Gasteiger partial charge in [0.1, 0.15) is 6.04 Å². The Morgan fingerprint density at radius 2 is 2.05 bits per heavy atom. The van der Waals surface area contributed by atoms with E-state index in [0.717, 1.165) is 5.69 Å². The van der Waals surface area contributed by atoms with E-state index < -0.39 is 6.04 Å². The van der Waals surface area contributed by atoms with Crippen LogP contribution < -0.4 is 10.6 Å². The van der Waals surface area contributed by atoms with Gasteiger partial charge in [0.15, 0.2) is 0 Å². The average Bonchev–Trinajstić information content (AvgIpc) is 2.78. The molecule has 0 radical (unpaired) electrons. The standard InChI is InChI=1S/C14H18N2O2S/c1-9(2)19-11-5-3-10(4-6-11)15-14(18)12-7-8-13(17)16-12/h3-6,9,12H,7-8H2,1-2H3,(H,15,18)(H,16,17). The number of thioether (sulfide) groups is 1. The average molecular weight is 278 g/mol. The van der Waals surface area contributed by atoms with Crippen molar-refractivity contribution in [1.29, 1.82) is 0 Å². The highest BCUT2D eigenvalue weighted by molar-refractivity contribution is 7.99. The summed E-state index contributed by atoms with van der Waals surface area (Å²) < 4.78 is 0. The molecule has 2 rings (SSSR count). The van der Waals surface area contributed by atoms with Crippen LogP contribution in [0.15, 0.2) is 29.2 Å². The topological polar surface area (TPSA) is 58.2 Å². The van der Waals surface area contributed by atoms with E-state index >= 15 is 0 Å². The van der Waals surface area contributed by atoms with Crippen LogP contribution in [0.5, 0.6) is 0 Å². The van der Waals surface area contributed by atoms with Crippen molar-refractivity contribution in [3.05, 3.63) is 24.3 Å². The first-order chi connectivity index (χ1) is 9.04. The summed E-state index contributed by atoms with van der Waals surface area (Å²) in [4.78, 5) is 24.1. The highest BCUT2D eigenvalue weighted by Crippen LogP contribution is 2.24. The molecule has 0 saturated carbocycles. The van der Waals surface area contributed by atoms with Crippen LogP contribution in [0.25, 0.3) is 0 Å². The summed E-state index contributed by atoms with van der Waals surface area (Å²) in [6.45, 7) is 4.28. The van der Waals surface area contributed by atoms with Crippen molar-refractivity contribution >= 4 is 29.3 Å². The maximum atomic E-state index is 11.9. The SMILES string of the molecule is CC(C)Sc1ccc(NC(=O)C2CCC(=O)N2)cc1. The van der Waals surface area contributed by atoms with Crippen LogP contribution in [-0.2, 0) is 9.59 Å². The molecular formula is C14H18N2O2S. The molecule has 0 bridgehead atoms. The van der Waals surface area contributed by atoms with Crippen LogP contribution in [0.4, 0.5) is 5.69 Å². The second-order valence-electron chi connectivity index (χ2n) is 4.84. The van der Waals surface area contributed by atoms with Gasteiger partial charge in [0.2, 0.25) is 11.8 Å². The molecule has 1 saturated heterocycles. The molecule has 1 aliphatic heterocycles. The number of carbonyl (C=O) groups is 2. The van der Waals surface area contributed by atoms with Gasteiger partial charge < -0.3 is 10.6 Å². The molecule has 1 heterocycles. The minimum absolute atomic E-state index is 0.0520. The zero-order valence-electron chi connectivity index (χ0n) is 11.1. The van der Waals surface area contributed by atoms with E-state index in [1.165, 1.54) is 4.90 Å². The summed E-state index contributed by atoms with van der Waals surface area (Å²) in [5.74, 6) is -0.195. The molecule has 4 nitrogen and oxygen atoms in total. The van der Waals surface area contributed by atoms with Gasteiger partial charge in [-0.05, 0) is 30.7 Å². The third kappa shape index (κ3) is 3.99. The Hall–Kier alpha value is -1.49. The molecule has 0 aromatic heterocycles. The number of hydrogen-bond donors (Lipinski definition) is 2. The van der Waals surface area contributed by atoms with Crippen LogP contribution in [0.2, 0.25) is 0 Å². The van der Waals surface area contributed by atoms with Crippen molar-refractivity contribution in [2.45, 2.75) is 42.9 Å². The molecule has 2 N–H and O–H groups in total. The van der Waals surface area contributed by atoms with Gasteiger partial charge in [-0.15, -0.1) is 11.8 Å². The lowest BCUT2D eigenvalue weighted by atomic mass is 10.2. The first-order valence-electron chi connectivity index (χ1n) is 6.41. The minimum Gasteiger partial charge on any atom is -0.344 e. The molecule has 19 heavy (non-hydrogen) atoms. The Bertz CT molecular complexity index is 471. The Balaban J connectivity index is 1.92. The molecule has 1 aliphatic rings. The summed E-state index contributed by atoms with van der Waals surface area (Å²) >= 11 is 1.78. The Kier molecular flexibility index (Phi) is 4.47. The van der Waals surface area contributed by atoms with Crippen molar-refractivity contribution in [3.8, 4) is 0 Å². The first-order valence-corrected chi connectivity index (χ1v) is 7.29. The lowest BCUT2D eigenvalue weighted by molar-refractivity contribution is -0.122. The Morgan fingerprint density at radius 1 is 1.37 bits per heavy atom. The fraction of sp³-hybridized carbons (Fsp3) is 0.429. The van der Waals surface area contributed by atoms with Crippen molar-refractivity contribution in [2.24, 2.45) is 0 Å². The van der Waals surface area contributed by atoms with E-state index in [1.54, 1.807) is 11.8 Å². The summed E-state index contributed by atoms with van der Waals surface area (Å²) in [5.41, 5.74) is 0.763. The molecule has 1 aromatic rings. The maximum Gasteiger partial charge on any atom is 0.246 e. The Labute approximate surface area is 117 Å². The third-order valence-corrected chi connectivity index (χ3v) is 3.82. The van der Waals surface area contributed by atoms with Crippen molar-refractivity contribution in [3.63, 3.8) is 0 Å². The van der Waals surface area contributed by atoms with Crippen LogP contribution >= 0.6 is 11.8 Å².